The maximum atomic E-state index is 5.40. The van der Waals surface area contributed by atoms with Crippen molar-refractivity contribution in [3.8, 4) is 5.75 Å². The molecule has 1 rings (SSSR count). The summed E-state index contributed by atoms with van der Waals surface area (Å²) in [5.74, 6) is 1.69. The molecule has 0 fully saturated rings. The topological polar surface area (TPSA) is 64.1 Å². The summed E-state index contributed by atoms with van der Waals surface area (Å²) in [6.07, 6.45) is 0.871. The average Bonchev–Trinajstić information content (AvgIpc) is 2.56. The minimum Gasteiger partial charge on any atom is -0.496 e. The third-order valence-corrected chi connectivity index (χ3v) is 3.32. The molecule has 0 aromatic heterocycles. The van der Waals surface area contributed by atoms with E-state index in [1.807, 2.05) is 6.07 Å². The molecule has 1 aromatic carbocycles. The number of guanidine groups is 1. The molecule has 6 nitrogen and oxygen atoms in total. The van der Waals surface area contributed by atoms with Crippen molar-refractivity contribution in [1.82, 2.24) is 10.6 Å². The van der Waals surface area contributed by atoms with Gasteiger partial charge in [0.25, 0.3) is 0 Å². The Hall–Kier alpha value is -1.06. The van der Waals surface area contributed by atoms with Crippen molar-refractivity contribution in [1.29, 1.82) is 0 Å². The Morgan fingerprint density at radius 2 is 1.83 bits per heavy atom. The van der Waals surface area contributed by atoms with Gasteiger partial charge in [-0.3, -0.25) is 4.99 Å². The Labute approximate surface area is 162 Å². The first-order chi connectivity index (χ1) is 11.2. The first-order valence-corrected chi connectivity index (χ1v) is 7.86. The molecule has 0 aliphatic heterocycles. The minimum atomic E-state index is 0. The van der Waals surface area contributed by atoms with Gasteiger partial charge >= 0.3 is 0 Å². The molecule has 1 aromatic rings. The zero-order chi connectivity index (χ0) is 16.9. The largest absolute Gasteiger partial charge is 0.496 e. The number of hydrogen-bond donors (Lipinski definition) is 2. The summed E-state index contributed by atoms with van der Waals surface area (Å²) in [6.45, 7) is 5.42. The Morgan fingerprint density at radius 3 is 2.50 bits per heavy atom. The van der Waals surface area contributed by atoms with Crippen LogP contribution in [0.25, 0.3) is 0 Å². The molecule has 24 heavy (non-hydrogen) atoms. The molecule has 0 aliphatic carbocycles. The summed E-state index contributed by atoms with van der Waals surface area (Å²) in [6, 6.07) is 6.22. The molecule has 0 unspecified atom stereocenters. The number of aliphatic imine (C=N–C) groups is 1. The lowest BCUT2D eigenvalue weighted by Gasteiger charge is -2.13. The predicted octanol–water partition coefficient (Wildman–Crippen LogP) is 1.99. The summed E-state index contributed by atoms with van der Waals surface area (Å²) >= 11 is 0. The van der Waals surface area contributed by atoms with Crippen molar-refractivity contribution in [2.24, 2.45) is 4.99 Å². The standard InChI is InChI=1S/C17H29N3O3.HI/c1-14-5-6-16(22-4)15(13-14)7-8-19-17(18-2)20-9-10-23-12-11-21-3;/h5-6,13H,7-12H2,1-4H3,(H2,18,19,20);1H. The van der Waals surface area contributed by atoms with Crippen LogP contribution in [-0.4, -0.2) is 60.1 Å². The van der Waals surface area contributed by atoms with Crippen molar-refractivity contribution in [2.75, 3.05) is 54.2 Å². The number of benzene rings is 1. The van der Waals surface area contributed by atoms with E-state index in [0.29, 0.717) is 26.4 Å². The lowest BCUT2D eigenvalue weighted by molar-refractivity contribution is 0.0733. The molecule has 0 saturated heterocycles. The fourth-order valence-corrected chi connectivity index (χ4v) is 2.12. The van der Waals surface area contributed by atoms with E-state index in [2.05, 4.69) is 34.7 Å². The second kappa shape index (κ2) is 14.3. The van der Waals surface area contributed by atoms with E-state index in [1.54, 1.807) is 21.3 Å². The smallest absolute Gasteiger partial charge is 0.191 e. The normalized spacial score (nSPS) is 10.9. The van der Waals surface area contributed by atoms with Crippen molar-refractivity contribution in [2.45, 2.75) is 13.3 Å². The Morgan fingerprint density at radius 1 is 1.08 bits per heavy atom. The zero-order valence-corrected chi connectivity index (χ0v) is 17.4. The van der Waals surface area contributed by atoms with Crippen molar-refractivity contribution in [3.05, 3.63) is 29.3 Å². The fourth-order valence-electron chi connectivity index (χ4n) is 2.12. The quantitative estimate of drug-likeness (QED) is 0.247. The van der Waals surface area contributed by atoms with Gasteiger partial charge in [-0.05, 0) is 25.0 Å². The molecule has 0 atom stereocenters. The van der Waals surface area contributed by atoms with Crippen molar-refractivity contribution < 1.29 is 14.2 Å². The van der Waals surface area contributed by atoms with Crippen molar-refractivity contribution >= 4 is 29.9 Å². The number of methoxy groups -OCH3 is 2. The lowest BCUT2D eigenvalue weighted by atomic mass is 10.1. The van der Waals surface area contributed by atoms with Crippen LogP contribution in [-0.2, 0) is 15.9 Å². The van der Waals surface area contributed by atoms with Crippen LogP contribution in [0.1, 0.15) is 11.1 Å². The molecule has 0 aliphatic rings. The van der Waals surface area contributed by atoms with E-state index in [-0.39, 0.29) is 24.0 Å². The second-order valence-corrected chi connectivity index (χ2v) is 5.10. The Balaban J connectivity index is 0.00000529. The van der Waals surface area contributed by atoms with Gasteiger partial charge in [0.15, 0.2) is 5.96 Å². The van der Waals surface area contributed by atoms with Gasteiger partial charge in [0.2, 0.25) is 0 Å². The van der Waals surface area contributed by atoms with Crippen LogP contribution in [0.4, 0.5) is 0 Å². The number of nitrogens with zero attached hydrogens (tertiary/aromatic N) is 1. The number of rotatable bonds is 10. The Kier molecular flexibility index (Phi) is 13.7. The maximum absolute atomic E-state index is 5.40. The first kappa shape index (κ1) is 22.9. The third kappa shape index (κ3) is 9.29. The van der Waals surface area contributed by atoms with E-state index >= 15 is 0 Å². The van der Waals surface area contributed by atoms with Gasteiger partial charge in [-0.1, -0.05) is 17.7 Å². The molecule has 0 amide bonds. The molecule has 0 radical (unpaired) electrons. The highest BCUT2D eigenvalue weighted by molar-refractivity contribution is 14.0. The van der Waals surface area contributed by atoms with E-state index < -0.39 is 0 Å². The van der Waals surface area contributed by atoms with Crippen LogP contribution in [0.15, 0.2) is 23.2 Å². The number of hydrogen-bond acceptors (Lipinski definition) is 4. The highest BCUT2D eigenvalue weighted by atomic mass is 127. The Bertz CT molecular complexity index is 484. The van der Waals surface area contributed by atoms with Crippen LogP contribution in [0.2, 0.25) is 0 Å². The SMILES string of the molecule is CN=C(NCCOCCOC)NCCc1cc(C)ccc1OC.I. The number of ether oxygens (including phenoxy) is 3. The van der Waals surface area contributed by atoms with E-state index in [0.717, 1.165) is 24.7 Å². The van der Waals surface area contributed by atoms with Gasteiger partial charge in [0.1, 0.15) is 5.75 Å². The molecule has 0 saturated carbocycles. The molecule has 0 spiro atoms. The first-order valence-electron chi connectivity index (χ1n) is 7.86. The third-order valence-electron chi connectivity index (χ3n) is 3.32. The van der Waals surface area contributed by atoms with E-state index in [4.69, 9.17) is 14.2 Å². The molecule has 0 bridgehead atoms. The predicted molar refractivity (Wildman–Crippen MR) is 109 cm³/mol. The van der Waals surface area contributed by atoms with Crippen LogP contribution in [0, 0.1) is 6.92 Å². The molecule has 7 heteroatoms. The number of nitrogens with one attached hydrogen (secondary N) is 2. The van der Waals surface area contributed by atoms with E-state index in [1.165, 1.54) is 11.1 Å². The van der Waals surface area contributed by atoms with E-state index in [9.17, 15) is 0 Å². The van der Waals surface area contributed by atoms with Gasteiger partial charge in [-0.25, -0.2) is 0 Å². The van der Waals surface area contributed by atoms with Crippen LogP contribution in [0.5, 0.6) is 5.75 Å². The molecule has 138 valence electrons. The summed E-state index contributed by atoms with van der Waals surface area (Å²) in [4.78, 5) is 4.20. The minimum absolute atomic E-state index is 0. The summed E-state index contributed by atoms with van der Waals surface area (Å²) in [5, 5.41) is 6.51. The second-order valence-electron chi connectivity index (χ2n) is 5.10. The highest BCUT2D eigenvalue weighted by Gasteiger charge is 2.04. The summed E-state index contributed by atoms with van der Waals surface area (Å²) < 4.78 is 15.7. The highest BCUT2D eigenvalue weighted by Crippen LogP contribution is 2.19. The van der Waals surface area contributed by atoms with Crippen LogP contribution in [0.3, 0.4) is 0 Å². The molecular weight excluding hydrogens is 421 g/mol. The summed E-state index contributed by atoms with van der Waals surface area (Å²) in [5.41, 5.74) is 2.43. The molecular formula is C17H30IN3O3. The summed E-state index contributed by atoms with van der Waals surface area (Å²) in [7, 11) is 5.12. The maximum Gasteiger partial charge on any atom is 0.191 e. The monoisotopic (exact) mass is 451 g/mol. The average molecular weight is 451 g/mol. The fraction of sp³-hybridized carbons (Fsp3) is 0.588. The van der Waals surface area contributed by atoms with Crippen molar-refractivity contribution in [3.63, 3.8) is 0 Å². The van der Waals surface area contributed by atoms with Gasteiger partial charge in [-0.15, -0.1) is 24.0 Å². The van der Waals surface area contributed by atoms with Gasteiger partial charge in [0, 0.05) is 27.2 Å². The van der Waals surface area contributed by atoms with Crippen LogP contribution < -0.4 is 15.4 Å². The molecule has 0 heterocycles. The number of aryl methyl sites for hydroxylation is 1. The molecule has 2 N–H and O–H groups in total. The van der Waals surface area contributed by atoms with Gasteiger partial charge in [-0.2, -0.15) is 0 Å². The van der Waals surface area contributed by atoms with Gasteiger partial charge < -0.3 is 24.8 Å². The van der Waals surface area contributed by atoms with Crippen LogP contribution >= 0.6 is 24.0 Å². The lowest BCUT2D eigenvalue weighted by Crippen LogP contribution is -2.39. The van der Waals surface area contributed by atoms with Gasteiger partial charge in [0.05, 0.1) is 26.9 Å². The number of halogens is 1. The zero-order valence-electron chi connectivity index (χ0n) is 15.1.